The summed E-state index contributed by atoms with van der Waals surface area (Å²) in [7, 11) is 1.77. The Balaban J connectivity index is 1.42. The van der Waals surface area contributed by atoms with Crippen molar-refractivity contribution in [3.63, 3.8) is 0 Å². The van der Waals surface area contributed by atoms with Crippen molar-refractivity contribution in [2.45, 2.75) is 26.4 Å². The van der Waals surface area contributed by atoms with Crippen LogP contribution in [0.25, 0.3) is 22.2 Å². The second kappa shape index (κ2) is 9.50. The van der Waals surface area contributed by atoms with Crippen molar-refractivity contribution >= 4 is 16.9 Å². The lowest BCUT2D eigenvalue weighted by Gasteiger charge is -2.08. The van der Waals surface area contributed by atoms with Gasteiger partial charge < -0.3 is 18.8 Å². The van der Waals surface area contributed by atoms with Gasteiger partial charge in [-0.25, -0.2) is 0 Å². The van der Waals surface area contributed by atoms with Gasteiger partial charge in [0.2, 0.25) is 0 Å². The zero-order valence-corrected chi connectivity index (χ0v) is 18.5. The number of esters is 1. The third kappa shape index (κ3) is 5.51. The van der Waals surface area contributed by atoms with Gasteiger partial charge in [0.15, 0.2) is 0 Å². The molecule has 0 atom stereocenters. The predicted molar refractivity (Wildman–Crippen MR) is 118 cm³/mol. The Morgan fingerprint density at radius 2 is 1.76 bits per heavy atom. The van der Waals surface area contributed by atoms with Gasteiger partial charge in [-0.05, 0) is 61.5 Å². The van der Waals surface area contributed by atoms with Crippen LogP contribution in [0.15, 0.2) is 60.8 Å². The number of carbonyl (C=O) groups is 1. The number of aryl methyl sites for hydroxylation is 1. The normalized spacial score (nSPS) is 11.6. The largest absolute Gasteiger partial charge is 0.573 e. The number of hydrogen-bond donors (Lipinski definition) is 0. The van der Waals surface area contributed by atoms with Crippen LogP contribution in [0.1, 0.15) is 12.6 Å². The van der Waals surface area contributed by atoms with Crippen molar-refractivity contribution in [1.29, 1.82) is 0 Å². The highest BCUT2D eigenvalue weighted by molar-refractivity contribution is 5.83. The first-order chi connectivity index (χ1) is 16.2. The molecule has 2 heterocycles. The quantitative estimate of drug-likeness (QED) is 0.334. The summed E-state index contributed by atoms with van der Waals surface area (Å²) in [5, 5.41) is 5.34. The molecule has 0 bridgehead atoms. The fourth-order valence-corrected chi connectivity index (χ4v) is 3.52. The zero-order chi connectivity index (χ0) is 24.3. The highest BCUT2D eigenvalue weighted by Crippen LogP contribution is 2.27. The van der Waals surface area contributed by atoms with Crippen LogP contribution in [0.3, 0.4) is 0 Å². The minimum absolute atomic E-state index is 0.138. The maximum atomic E-state index is 12.3. The summed E-state index contributed by atoms with van der Waals surface area (Å²) >= 11 is 0. The Morgan fingerprint density at radius 1 is 1.03 bits per heavy atom. The molecular formula is C24H22F3N3O4. The Hall–Kier alpha value is -3.95. The molecular weight excluding hydrogens is 451 g/mol. The number of ether oxygens (including phenoxy) is 3. The van der Waals surface area contributed by atoms with Crippen LogP contribution in [0.4, 0.5) is 13.2 Å². The lowest BCUT2D eigenvalue weighted by Crippen LogP contribution is -2.16. The smallest absolute Gasteiger partial charge is 0.487 e. The Bertz CT molecular complexity index is 1290. The lowest BCUT2D eigenvalue weighted by molar-refractivity contribution is -0.274. The van der Waals surface area contributed by atoms with Gasteiger partial charge in [-0.3, -0.25) is 9.48 Å². The Kier molecular flexibility index (Phi) is 6.49. The van der Waals surface area contributed by atoms with Crippen molar-refractivity contribution < 1.29 is 32.2 Å². The molecule has 34 heavy (non-hydrogen) atoms. The van der Waals surface area contributed by atoms with Crippen LogP contribution >= 0.6 is 0 Å². The average Bonchev–Trinajstić information content (AvgIpc) is 3.35. The van der Waals surface area contributed by atoms with E-state index in [2.05, 4.69) is 9.84 Å². The molecule has 0 radical (unpaired) electrons. The summed E-state index contributed by atoms with van der Waals surface area (Å²) in [6.07, 6.45) is -2.91. The number of nitrogens with zero attached hydrogens (tertiary/aromatic N) is 3. The fraction of sp³-hybridized carbons (Fsp3) is 0.250. The summed E-state index contributed by atoms with van der Waals surface area (Å²) in [5.74, 6) is 0.0647. The Morgan fingerprint density at radius 3 is 2.47 bits per heavy atom. The number of carbonyl (C=O) groups excluding carboxylic acids is 1. The molecule has 0 saturated carbocycles. The van der Waals surface area contributed by atoms with Gasteiger partial charge in [-0.2, -0.15) is 5.10 Å². The maximum Gasteiger partial charge on any atom is 0.573 e. The van der Waals surface area contributed by atoms with E-state index in [1.165, 1.54) is 24.3 Å². The molecule has 0 N–H and O–H groups in total. The van der Waals surface area contributed by atoms with Crippen molar-refractivity contribution in [3.05, 3.63) is 66.5 Å². The maximum absolute atomic E-state index is 12.3. The first kappa shape index (κ1) is 23.2. The first-order valence-corrected chi connectivity index (χ1v) is 10.5. The second-order valence-electron chi connectivity index (χ2n) is 7.47. The number of fused-ring (bicyclic) bond motifs is 1. The summed E-state index contributed by atoms with van der Waals surface area (Å²) in [6, 6.07) is 14.8. The summed E-state index contributed by atoms with van der Waals surface area (Å²) in [5.41, 5.74) is 2.93. The monoisotopic (exact) mass is 473 g/mol. The number of halogens is 3. The molecule has 0 aliphatic carbocycles. The molecule has 7 nitrogen and oxygen atoms in total. The highest BCUT2D eigenvalue weighted by atomic mass is 19.4. The molecule has 10 heteroatoms. The van der Waals surface area contributed by atoms with E-state index >= 15 is 0 Å². The molecule has 0 unspecified atom stereocenters. The fourth-order valence-electron chi connectivity index (χ4n) is 3.52. The van der Waals surface area contributed by atoms with Crippen LogP contribution in [-0.2, 0) is 29.7 Å². The number of hydrogen-bond acceptors (Lipinski definition) is 5. The van der Waals surface area contributed by atoms with Crippen LogP contribution in [0.5, 0.6) is 11.5 Å². The van der Waals surface area contributed by atoms with Gasteiger partial charge in [0.05, 0.1) is 18.0 Å². The van der Waals surface area contributed by atoms with Crippen LogP contribution < -0.4 is 9.47 Å². The van der Waals surface area contributed by atoms with Gasteiger partial charge in [-0.15, -0.1) is 13.2 Å². The number of aromatic nitrogens is 3. The molecule has 4 rings (SSSR count). The molecule has 0 aliphatic heterocycles. The summed E-state index contributed by atoms with van der Waals surface area (Å²) < 4.78 is 55.3. The number of rotatable bonds is 8. The minimum Gasteiger partial charge on any atom is -0.487 e. The topological polar surface area (TPSA) is 67.5 Å². The molecule has 2 aromatic carbocycles. The van der Waals surface area contributed by atoms with Gasteiger partial charge in [0.1, 0.15) is 24.7 Å². The van der Waals surface area contributed by atoms with E-state index in [4.69, 9.17) is 9.47 Å². The molecule has 0 fully saturated rings. The van der Waals surface area contributed by atoms with E-state index in [-0.39, 0.29) is 24.9 Å². The van der Waals surface area contributed by atoms with Crippen LogP contribution in [0, 0.1) is 0 Å². The van der Waals surface area contributed by atoms with E-state index in [1.54, 1.807) is 18.7 Å². The molecule has 178 valence electrons. The van der Waals surface area contributed by atoms with E-state index in [9.17, 15) is 18.0 Å². The second-order valence-corrected chi connectivity index (χ2v) is 7.47. The lowest BCUT2D eigenvalue weighted by atomic mass is 10.1. The Labute approximate surface area is 193 Å². The van der Waals surface area contributed by atoms with E-state index in [0.29, 0.717) is 23.6 Å². The van der Waals surface area contributed by atoms with E-state index < -0.39 is 6.36 Å². The highest BCUT2D eigenvalue weighted by Gasteiger charge is 2.31. The molecule has 0 amide bonds. The van der Waals surface area contributed by atoms with Crippen molar-refractivity contribution in [2.75, 3.05) is 6.61 Å². The van der Waals surface area contributed by atoms with Crippen LogP contribution in [0.2, 0.25) is 0 Å². The molecule has 0 spiro atoms. The third-order valence-corrected chi connectivity index (χ3v) is 5.09. The van der Waals surface area contributed by atoms with E-state index in [0.717, 1.165) is 16.6 Å². The minimum atomic E-state index is -4.73. The standard InChI is InChI=1S/C24H22F3N3O4/c1-3-32-23(31)14-30-11-10-17-12-20(8-9-22(17)30)33-15-18-13-21(28-29(18)2)16-4-6-19(7-5-16)34-24(25,26)27/h4-13H,3,14-15H2,1-2H3. The van der Waals surface area contributed by atoms with Crippen molar-refractivity contribution in [1.82, 2.24) is 14.3 Å². The van der Waals surface area contributed by atoms with Gasteiger partial charge in [0, 0.05) is 29.7 Å². The summed E-state index contributed by atoms with van der Waals surface area (Å²) in [6.45, 7) is 2.49. The van der Waals surface area contributed by atoms with Gasteiger partial charge >= 0.3 is 12.3 Å². The number of benzene rings is 2. The summed E-state index contributed by atoms with van der Waals surface area (Å²) in [4.78, 5) is 11.8. The van der Waals surface area contributed by atoms with Gasteiger partial charge in [0.25, 0.3) is 0 Å². The number of alkyl halides is 3. The third-order valence-electron chi connectivity index (χ3n) is 5.09. The molecule has 0 saturated heterocycles. The van der Waals surface area contributed by atoms with E-state index in [1.807, 2.05) is 41.1 Å². The molecule has 2 aromatic heterocycles. The van der Waals surface area contributed by atoms with Gasteiger partial charge in [-0.1, -0.05) is 0 Å². The first-order valence-electron chi connectivity index (χ1n) is 10.5. The van der Waals surface area contributed by atoms with Crippen molar-refractivity contribution in [3.8, 4) is 22.8 Å². The predicted octanol–water partition coefficient (Wildman–Crippen LogP) is 5.08. The van der Waals surface area contributed by atoms with Crippen molar-refractivity contribution in [2.24, 2.45) is 7.05 Å². The molecule has 4 aromatic rings. The van der Waals surface area contributed by atoms with Crippen LogP contribution in [-0.4, -0.2) is 33.3 Å². The SMILES string of the molecule is CCOC(=O)Cn1ccc2cc(OCc3cc(-c4ccc(OC(F)(F)F)cc4)nn3C)ccc21. The zero-order valence-electron chi connectivity index (χ0n) is 18.5. The molecule has 0 aliphatic rings. The average molecular weight is 473 g/mol.